The van der Waals surface area contributed by atoms with Gasteiger partial charge in [0.2, 0.25) is 23.6 Å². The van der Waals surface area contributed by atoms with Crippen molar-refractivity contribution in [2.24, 2.45) is 0 Å². The average Bonchev–Trinajstić information content (AvgIpc) is 2.80. The molecule has 4 heterocycles. The van der Waals surface area contributed by atoms with Crippen LogP contribution in [0.3, 0.4) is 0 Å². The summed E-state index contributed by atoms with van der Waals surface area (Å²) in [6, 6.07) is 7.61. The molecule has 32 heavy (non-hydrogen) atoms. The molecule has 2 fully saturated rings. The van der Waals surface area contributed by atoms with Gasteiger partial charge in [0.05, 0.1) is 0 Å². The van der Waals surface area contributed by atoms with E-state index in [0.717, 1.165) is 11.1 Å². The van der Waals surface area contributed by atoms with Gasteiger partial charge in [0.25, 0.3) is 0 Å². The number of pyridine rings is 2. The van der Waals surface area contributed by atoms with Gasteiger partial charge in [-0.05, 0) is 55.0 Å². The molecule has 0 N–H and O–H groups in total. The largest absolute Gasteiger partial charge is 0.282 e. The average molecular weight is 437 g/mol. The van der Waals surface area contributed by atoms with Crippen LogP contribution in [0.1, 0.15) is 49.7 Å². The van der Waals surface area contributed by atoms with E-state index in [1.165, 1.54) is 9.80 Å². The molecule has 0 aliphatic carbocycles. The highest BCUT2D eigenvalue weighted by Crippen LogP contribution is 2.14. The summed E-state index contributed by atoms with van der Waals surface area (Å²) in [7, 11) is 0. The minimum absolute atomic E-state index is 0.0368. The van der Waals surface area contributed by atoms with E-state index in [9.17, 15) is 19.2 Å². The highest BCUT2D eigenvalue weighted by molar-refractivity contribution is 5.98. The minimum Gasteiger partial charge on any atom is -0.282 e. The van der Waals surface area contributed by atoms with E-state index in [4.69, 9.17) is 0 Å². The lowest BCUT2D eigenvalue weighted by molar-refractivity contribution is -0.149. The fourth-order valence-corrected chi connectivity index (χ4v) is 3.68. The highest BCUT2D eigenvalue weighted by atomic mass is 16.2. The maximum atomic E-state index is 11.5. The predicted molar refractivity (Wildman–Crippen MR) is 117 cm³/mol. The van der Waals surface area contributed by atoms with Gasteiger partial charge >= 0.3 is 0 Å². The van der Waals surface area contributed by atoms with Gasteiger partial charge in [-0.1, -0.05) is 6.07 Å². The first kappa shape index (κ1) is 23.2. The number of amides is 4. The van der Waals surface area contributed by atoms with Gasteiger partial charge in [-0.3, -0.25) is 38.9 Å². The summed E-state index contributed by atoms with van der Waals surface area (Å²) in [5, 5.41) is 0. The van der Waals surface area contributed by atoms with Crippen LogP contribution in [-0.4, -0.2) is 56.5 Å². The summed E-state index contributed by atoms with van der Waals surface area (Å²) in [5.74, 6) is -0.157. The van der Waals surface area contributed by atoms with Gasteiger partial charge in [-0.2, -0.15) is 0 Å². The van der Waals surface area contributed by atoms with Crippen molar-refractivity contribution in [3.05, 3.63) is 60.2 Å². The predicted octanol–water partition coefficient (Wildman–Crippen LogP) is 2.33. The Kier molecular flexibility index (Phi) is 8.60. The van der Waals surface area contributed by atoms with Crippen molar-refractivity contribution in [1.82, 2.24) is 19.8 Å². The molecule has 2 aromatic heterocycles. The smallest absolute Gasteiger partial charge is 0.229 e. The molecule has 8 heteroatoms. The Hall–Kier alpha value is -3.42. The van der Waals surface area contributed by atoms with Crippen LogP contribution in [0.4, 0.5) is 0 Å². The number of likely N-dealkylation sites (tertiary alicyclic amines) is 2. The van der Waals surface area contributed by atoms with E-state index >= 15 is 0 Å². The highest BCUT2D eigenvalue weighted by Gasteiger charge is 2.26. The molecule has 0 bridgehead atoms. The number of carbonyl (C=O) groups is 4. The SMILES string of the molecule is O=C1CCCC(=O)N1CCc1cccnc1.O=C1CCCC(=O)N1CCc1ccncc1. The zero-order valence-electron chi connectivity index (χ0n) is 18.1. The molecule has 0 aromatic carbocycles. The van der Waals surface area contributed by atoms with E-state index in [1.807, 2.05) is 24.3 Å². The van der Waals surface area contributed by atoms with E-state index in [-0.39, 0.29) is 23.6 Å². The first-order valence-electron chi connectivity index (χ1n) is 11.0. The van der Waals surface area contributed by atoms with Crippen molar-refractivity contribution < 1.29 is 19.2 Å². The summed E-state index contributed by atoms with van der Waals surface area (Å²) in [6.07, 6.45) is 11.7. The van der Waals surface area contributed by atoms with Crippen LogP contribution >= 0.6 is 0 Å². The summed E-state index contributed by atoms with van der Waals surface area (Å²) in [6.45, 7) is 0.963. The molecule has 0 spiro atoms. The lowest BCUT2D eigenvalue weighted by atomic mass is 10.1. The van der Waals surface area contributed by atoms with Gasteiger partial charge in [0.15, 0.2) is 0 Å². The van der Waals surface area contributed by atoms with Crippen LogP contribution in [0.5, 0.6) is 0 Å². The van der Waals surface area contributed by atoms with Crippen molar-refractivity contribution in [3.63, 3.8) is 0 Å². The summed E-state index contributed by atoms with van der Waals surface area (Å²) in [5.41, 5.74) is 2.15. The molecule has 168 valence electrons. The Balaban J connectivity index is 0.000000181. The molecule has 0 saturated carbocycles. The number of aromatic nitrogens is 2. The van der Waals surface area contributed by atoms with E-state index < -0.39 is 0 Å². The number of carbonyl (C=O) groups excluding carboxylic acids is 4. The molecule has 0 atom stereocenters. The van der Waals surface area contributed by atoms with Crippen molar-refractivity contribution in [3.8, 4) is 0 Å². The van der Waals surface area contributed by atoms with Crippen LogP contribution in [0.25, 0.3) is 0 Å². The van der Waals surface area contributed by atoms with Crippen molar-refractivity contribution >= 4 is 23.6 Å². The molecule has 2 aliphatic rings. The lowest BCUT2D eigenvalue weighted by Gasteiger charge is -2.24. The monoisotopic (exact) mass is 436 g/mol. The molecule has 2 aromatic rings. The number of hydrogen-bond acceptors (Lipinski definition) is 6. The second kappa shape index (κ2) is 11.8. The molecule has 4 rings (SSSR count). The maximum absolute atomic E-state index is 11.5. The van der Waals surface area contributed by atoms with Gasteiger partial charge in [0, 0.05) is 63.6 Å². The zero-order valence-corrected chi connectivity index (χ0v) is 18.1. The molecule has 0 unspecified atom stereocenters. The Labute approximate surface area is 187 Å². The van der Waals surface area contributed by atoms with E-state index in [1.54, 1.807) is 24.8 Å². The topological polar surface area (TPSA) is 101 Å². The molecular formula is C24H28N4O4. The minimum atomic E-state index is -0.0415. The fourth-order valence-electron chi connectivity index (χ4n) is 3.68. The van der Waals surface area contributed by atoms with Crippen LogP contribution in [0.2, 0.25) is 0 Å². The molecule has 2 aliphatic heterocycles. The Morgan fingerprint density at radius 2 is 1.12 bits per heavy atom. The molecule has 2 saturated heterocycles. The van der Waals surface area contributed by atoms with Crippen molar-refractivity contribution in [2.45, 2.75) is 51.4 Å². The normalized spacial score (nSPS) is 16.6. The van der Waals surface area contributed by atoms with Crippen LogP contribution in [-0.2, 0) is 32.0 Å². The Morgan fingerprint density at radius 1 is 0.625 bits per heavy atom. The van der Waals surface area contributed by atoms with Gasteiger partial charge in [-0.25, -0.2) is 0 Å². The standard InChI is InChI=1S/2C12H14N2O2/c15-11-4-1-5-12(16)14(11)8-6-10-3-2-7-13-9-10;15-11-2-1-3-12(16)14(11)9-6-10-4-7-13-8-5-10/h2-3,7,9H,1,4-6,8H2;4-5,7-8H,1-3,6,9H2. The lowest BCUT2D eigenvalue weighted by Crippen LogP contribution is -2.41. The first-order valence-corrected chi connectivity index (χ1v) is 11.0. The van der Waals surface area contributed by atoms with Gasteiger partial charge in [-0.15, -0.1) is 0 Å². The Bertz CT molecular complexity index is 824. The Morgan fingerprint density at radius 3 is 1.59 bits per heavy atom. The van der Waals surface area contributed by atoms with Crippen LogP contribution in [0, 0.1) is 0 Å². The zero-order chi connectivity index (χ0) is 22.8. The second-order valence-electron chi connectivity index (χ2n) is 7.80. The molecule has 4 amide bonds. The molecule has 0 radical (unpaired) electrons. The third kappa shape index (κ3) is 6.80. The van der Waals surface area contributed by atoms with E-state index in [0.29, 0.717) is 64.5 Å². The molecular weight excluding hydrogens is 408 g/mol. The number of nitrogens with zero attached hydrogens (tertiary/aromatic N) is 4. The number of hydrogen-bond donors (Lipinski definition) is 0. The van der Waals surface area contributed by atoms with Crippen molar-refractivity contribution in [2.75, 3.05) is 13.1 Å². The van der Waals surface area contributed by atoms with E-state index in [2.05, 4.69) is 9.97 Å². The summed E-state index contributed by atoms with van der Waals surface area (Å²) < 4.78 is 0. The fraction of sp³-hybridized carbons (Fsp3) is 0.417. The number of piperidine rings is 2. The van der Waals surface area contributed by atoms with Crippen LogP contribution < -0.4 is 0 Å². The third-order valence-electron chi connectivity index (χ3n) is 5.49. The first-order chi connectivity index (χ1) is 15.5. The van der Waals surface area contributed by atoms with Gasteiger partial charge in [0.1, 0.15) is 0 Å². The van der Waals surface area contributed by atoms with Crippen LogP contribution in [0.15, 0.2) is 49.1 Å². The summed E-state index contributed by atoms with van der Waals surface area (Å²) >= 11 is 0. The van der Waals surface area contributed by atoms with Gasteiger partial charge < -0.3 is 0 Å². The number of rotatable bonds is 6. The molecule has 8 nitrogen and oxygen atoms in total. The summed E-state index contributed by atoms with van der Waals surface area (Å²) in [4.78, 5) is 56.7. The maximum Gasteiger partial charge on any atom is 0.229 e. The quantitative estimate of drug-likeness (QED) is 0.644. The number of imide groups is 2. The third-order valence-corrected chi connectivity index (χ3v) is 5.49. The second-order valence-corrected chi connectivity index (χ2v) is 7.80. The van der Waals surface area contributed by atoms with Crippen molar-refractivity contribution in [1.29, 1.82) is 0 Å².